The number of rotatable bonds is 7. The molecule has 0 fully saturated rings. The second-order valence-corrected chi connectivity index (χ2v) is 5.90. The average Bonchev–Trinajstić information content (AvgIpc) is 2.67. The summed E-state index contributed by atoms with van der Waals surface area (Å²) in [5.74, 6) is -1.34. The van der Waals surface area contributed by atoms with Crippen molar-refractivity contribution in [2.75, 3.05) is 20.3 Å². The molecule has 0 aromatic heterocycles. The van der Waals surface area contributed by atoms with Crippen LogP contribution in [0.25, 0.3) is 0 Å². The summed E-state index contributed by atoms with van der Waals surface area (Å²) < 4.78 is 58.4. The van der Waals surface area contributed by atoms with Crippen molar-refractivity contribution in [3.05, 3.63) is 52.5 Å². The lowest BCUT2D eigenvalue weighted by atomic mass is 10.2. The van der Waals surface area contributed by atoms with E-state index in [2.05, 4.69) is 4.74 Å². The van der Waals surface area contributed by atoms with Gasteiger partial charge in [-0.05, 0) is 37.3 Å². The van der Waals surface area contributed by atoms with Crippen LogP contribution in [0.2, 0.25) is 5.02 Å². The number of ether oxygens (including phenoxy) is 4. The van der Waals surface area contributed by atoms with Crippen LogP contribution < -0.4 is 9.47 Å². The van der Waals surface area contributed by atoms with Gasteiger partial charge in [-0.2, -0.15) is 13.2 Å². The molecule has 0 spiro atoms. The lowest BCUT2D eigenvalue weighted by Gasteiger charge is -2.14. The standard InChI is InChI=1S/C19H16ClF3O6/c1-3-27-17(24)10-28-16-9-12(5-6-13(16)18(25)26-2)29-15-7-4-11(8-14(15)20)19(21,22)23/h4-9H,3,10H2,1-2H3. The Labute approximate surface area is 169 Å². The van der Waals surface area contributed by atoms with E-state index in [4.69, 9.17) is 25.8 Å². The molecule has 0 aliphatic rings. The third kappa shape index (κ3) is 6.02. The second-order valence-electron chi connectivity index (χ2n) is 5.49. The Kier molecular flexibility index (Phi) is 7.33. The Bertz CT molecular complexity index is 898. The third-order valence-electron chi connectivity index (χ3n) is 3.50. The number of hydrogen-bond acceptors (Lipinski definition) is 6. The average molecular weight is 433 g/mol. The monoisotopic (exact) mass is 432 g/mol. The van der Waals surface area contributed by atoms with Crippen molar-refractivity contribution in [2.24, 2.45) is 0 Å². The van der Waals surface area contributed by atoms with Gasteiger partial charge in [0.05, 0.1) is 24.3 Å². The fourth-order valence-corrected chi connectivity index (χ4v) is 2.41. The molecule has 0 atom stereocenters. The van der Waals surface area contributed by atoms with Crippen molar-refractivity contribution in [3.63, 3.8) is 0 Å². The summed E-state index contributed by atoms with van der Waals surface area (Å²) in [5, 5.41) is -0.258. The van der Waals surface area contributed by atoms with Crippen molar-refractivity contribution in [1.82, 2.24) is 0 Å². The number of benzene rings is 2. The summed E-state index contributed by atoms with van der Waals surface area (Å²) in [5.41, 5.74) is -0.906. The van der Waals surface area contributed by atoms with E-state index in [1.54, 1.807) is 6.92 Å². The largest absolute Gasteiger partial charge is 0.481 e. The minimum atomic E-state index is -4.54. The molecule has 0 heterocycles. The number of methoxy groups -OCH3 is 1. The van der Waals surface area contributed by atoms with E-state index < -0.39 is 30.3 Å². The Morgan fingerprint density at radius 3 is 2.38 bits per heavy atom. The predicted octanol–water partition coefficient (Wildman–Crippen LogP) is 4.88. The van der Waals surface area contributed by atoms with Gasteiger partial charge >= 0.3 is 18.1 Å². The lowest BCUT2D eigenvalue weighted by Crippen LogP contribution is -2.16. The molecule has 2 rings (SSSR count). The molecular formula is C19H16ClF3O6. The molecule has 0 aliphatic heterocycles. The third-order valence-corrected chi connectivity index (χ3v) is 3.79. The first-order valence-electron chi connectivity index (χ1n) is 8.21. The van der Waals surface area contributed by atoms with Crippen LogP contribution in [-0.4, -0.2) is 32.3 Å². The maximum Gasteiger partial charge on any atom is 0.416 e. The predicted molar refractivity (Wildman–Crippen MR) is 96.4 cm³/mol. The van der Waals surface area contributed by atoms with Gasteiger partial charge in [-0.1, -0.05) is 11.6 Å². The van der Waals surface area contributed by atoms with Gasteiger partial charge in [0.15, 0.2) is 6.61 Å². The van der Waals surface area contributed by atoms with Crippen molar-refractivity contribution in [1.29, 1.82) is 0 Å². The van der Waals surface area contributed by atoms with E-state index in [-0.39, 0.29) is 34.4 Å². The Hall–Kier alpha value is -2.94. The van der Waals surface area contributed by atoms with Crippen LogP contribution in [0.15, 0.2) is 36.4 Å². The second kappa shape index (κ2) is 9.51. The zero-order valence-corrected chi connectivity index (χ0v) is 16.1. The van der Waals surface area contributed by atoms with E-state index >= 15 is 0 Å². The van der Waals surface area contributed by atoms with Gasteiger partial charge < -0.3 is 18.9 Å². The number of alkyl halides is 3. The summed E-state index contributed by atoms with van der Waals surface area (Å²) in [6, 6.07) is 6.59. The molecule has 156 valence electrons. The minimum Gasteiger partial charge on any atom is -0.481 e. The molecule has 29 heavy (non-hydrogen) atoms. The fraction of sp³-hybridized carbons (Fsp3) is 0.263. The number of esters is 2. The quantitative estimate of drug-likeness (QED) is 0.581. The molecule has 0 N–H and O–H groups in total. The van der Waals surface area contributed by atoms with Crippen molar-refractivity contribution < 1.29 is 41.7 Å². The van der Waals surface area contributed by atoms with Crippen LogP contribution in [0, 0.1) is 0 Å². The molecule has 2 aromatic carbocycles. The molecule has 0 radical (unpaired) electrons. The van der Waals surface area contributed by atoms with Crippen LogP contribution in [0.4, 0.5) is 13.2 Å². The van der Waals surface area contributed by atoms with Crippen LogP contribution in [0.3, 0.4) is 0 Å². The SMILES string of the molecule is CCOC(=O)COc1cc(Oc2ccc(C(F)(F)F)cc2Cl)ccc1C(=O)OC. The number of carbonyl (C=O) groups is 2. The summed E-state index contributed by atoms with van der Waals surface area (Å²) in [4.78, 5) is 23.4. The van der Waals surface area contributed by atoms with Crippen LogP contribution in [0.5, 0.6) is 17.2 Å². The lowest BCUT2D eigenvalue weighted by molar-refractivity contribution is -0.145. The molecule has 0 unspecified atom stereocenters. The van der Waals surface area contributed by atoms with Gasteiger partial charge in [-0.3, -0.25) is 0 Å². The maximum atomic E-state index is 12.7. The molecule has 0 amide bonds. The van der Waals surface area contributed by atoms with Crippen LogP contribution in [0.1, 0.15) is 22.8 Å². The van der Waals surface area contributed by atoms with E-state index in [1.165, 1.54) is 25.3 Å². The van der Waals surface area contributed by atoms with Gasteiger partial charge in [-0.15, -0.1) is 0 Å². The molecule has 2 aromatic rings. The van der Waals surface area contributed by atoms with Gasteiger partial charge in [0.2, 0.25) is 0 Å². The highest BCUT2D eigenvalue weighted by Gasteiger charge is 2.31. The first-order chi connectivity index (χ1) is 13.7. The highest BCUT2D eigenvalue weighted by Crippen LogP contribution is 2.37. The van der Waals surface area contributed by atoms with E-state index in [0.29, 0.717) is 0 Å². The summed E-state index contributed by atoms with van der Waals surface area (Å²) in [6.07, 6.45) is -4.54. The first-order valence-corrected chi connectivity index (χ1v) is 8.59. The van der Waals surface area contributed by atoms with E-state index in [9.17, 15) is 22.8 Å². The zero-order valence-electron chi connectivity index (χ0n) is 15.3. The Balaban J connectivity index is 2.28. The van der Waals surface area contributed by atoms with Crippen molar-refractivity contribution in [2.45, 2.75) is 13.1 Å². The van der Waals surface area contributed by atoms with Crippen molar-refractivity contribution in [3.8, 4) is 17.2 Å². The number of halogens is 4. The molecule has 6 nitrogen and oxygen atoms in total. The highest BCUT2D eigenvalue weighted by molar-refractivity contribution is 6.32. The normalized spacial score (nSPS) is 11.0. The van der Waals surface area contributed by atoms with Gasteiger partial charge in [0, 0.05) is 6.07 Å². The van der Waals surface area contributed by atoms with Crippen molar-refractivity contribution >= 4 is 23.5 Å². The van der Waals surface area contributed by atoms with Gasteiger partial charge in [0.25, 0.3) is 0 Å². The van der Waals surface area contributed by atoms with Gasteiger partial charge in [0.1, 0.15) is 22.8 Å². The van der Waals surface area contributed by atoms with Gasteiger partial charge in [-0.25, -0.2) is 9.59 Å². The molecular weight excluding hydrogens is 417 g/mol. The zero-order chi connectivity index (χ0) is 21.6. The Morgan fingerprint density at radius 1 is 1.07 bits per heavy atom. The molecule has 0 aliphatic carbocycles. The molecule has 0 saturated heterocycles. The summed E-state index contributed by atoms with van der Waals surface area (Å²) in [6.45, 7) is 1.31. The van der Waals surface area contributed by atoms with Crippen LogP contribution in [-0.2, 0) is 20.4 Å². The first kappa shape index (κ1) is 22.4. The minimum absolute atomic E-state index is 0.0164. The highest BCUT2D eigenvalue weighted by atomic mass is 35.5. The molecule has 0 bridgehead atoms. The van der Waals surface area contributed by atoms with Crippen LogP contribution >= 0.6 is 11.6 Å². The molecule has 0 saturated carbocycles. The summed E-state index contributed by atoms with van der Waals surface area (Å²) >= 11 is 5.88. The molecule has 10 heteroatoms. The Morgan fingerprint density at radius 2 is 1.79 bits per heavy atom. The number of carbonyl (C=O) groups excluding carboxylic acids is 2. The topological polar surface area (TPSA) is 71.1 Å². The van der Waals surface area contributed by atoms with E-state index in [0.717, 1.165) is 18.2 Å². The smallest absolute Gasteiger partial charge is 0.416 e. The number of hydrogen-bond donors (Lipinski definition) is 0. The maximum absolute atomic E-state index is 12.7. The summed E-state index contributed by atoms with van der Waals surface area (Å²) in [7, 11) is 1.17. The fourth-order valence-electron chi connectivity index (χ4n) is 2.19. The van der Waals surface area contributed by atoms with E-state index in [1.807, 2.05) is 0 Å².